The molecule has 0 unspecified atom stereocenters. The molecule has 2 aromatic rings. The Hall–Kier alpha value is -4.93. The standard InChI is InChI=1S/C43H58N6O10S/c1-25-9-7-8-10-29-22-43(29,41(54)47-60(55,56)42(4)15-16-42)46-38(52)34-21-31(59-39-32-12-11-30(57-5)20-33(32)35(58-6)23-44-39)24-49(34)40(53)36(26(2)19-25)45-37(51)28-13-17-48(18-14-28)27(3)50/h8,10-12,20,23,25-26,28-29,31,34,36H,7,9,13-19,21-22,24H2,1-6H3,(H,45,51)(H,46,52)(H,47,54)/t25-,26-,29-,31-,34+,36+,43-/m1/s1. The van der Waals surface area contributed by atoms with Crippen LogP contribution in [0.15, 0.2) is 36.5 Å². The van der Waals surface area contributed by atoms with Gasteiger partial charge in [-0.2, -0.15) is 0 Å². The summed E-state index contributed by atoms with van der Waals surface area (Å²) in [6, 6.07) is 3.21. The number of methoxy groups -OCH3 is 2. The van der Waals surface area contributed by atoms with Gasteiger partial charge < -0.3 is 34.6 Å². The van der Waals surface area contributed by atoms with Gasteiger partial charge in [-0.15, -0.1) is 0 Å². The normalized spacial score (nSPS) is 29.6. The lowest BCUT2D eigenvalue weighted by Gasteiger charge is -2.35. The maximum Gasteiger partial charge on any atom is 0.259 e. The monoisotopic (exact) mass is 850 g/mol. The molecule has 2 saturated heterocycles. The van der Waals surface area contributed by atoms with E-state index in [9.17, 15) is 27.6 Å². The van der Waals surface area contributed by atoms with Crippen LogP contribution in [0.2, 0.25) is 0 Å². The number of sulfonamides is 1. The van der Waals surface area contributed by atoms with E-state index in [1.54, 1.807) is 37.1 Å². The van der Waals surface area contributed by atoms with Gasteiger partial charge in [0.25, 0.3) is 5.91 Å². The molecule has 7 atom stereocenters. The number of pyridine rings is 1. The van der Waals surface area contributed by atoms with Gasteiger partial charge >= 0.3 is 0 Å². The van der Waals surface area contributed by atoms with Gasteiger partial charge in [0.1, 0.15) is 35.2 Å². The van der Waals surface area contributed by atoms with Crippen molar-refractivity contribution in [2.24, 2.45) is 23.7 Å². The quantitative estimate of drug-likeness (QED) is 0.313. The molecular weight excluding hydrogens is 793 g/mol. The molecule has 326 valence electrons. The molecule has 0 radical (unpaired) electrons. The number of allylic oxidation sites excluding steroid dienone is 1. The Kier molecular flexibility index (Phi) is 12.1. The molecule has 5 amide bonds. The highest BCUT2D eigenvalue weighted by Gasteiger charge is 2.63. The first kappa shape index (κ1) is 43.2. The van der Waals surface area contributed by atoms with Crippen molar-refractivity contribution < 1.29 is 46.6 Å². The van der Waals surface area contributed by atoms with Crippen LogP contribution in [0.5, 0.6) is 17.4 Å². The van der Waals surface area contributed by atoms with Gasteiger partial charge in [-0.1, -0.05) is 26.0 Å². The van der Waals surface area contributed by atoms with Crippen molar-refractivity contribution in [2.75, 3.05) is 33.9 Å². The number of carbonyl (C=O) groups excluding carboxylic acids is 5. The molecule has 16 nitrogen and oxygen atoms in total. The number of ether oxygens (including phenoxy) is 3. The Morgan fingerprint density at radius 3 is 2.40 bits per heavy atom. The van der Waals surface area contributed by atoms with Gasteiger partial charge in [-0.3, -0.25) is 28.7 Å². The molecule has 2 aliphatic carbocycles. The molecule has 4 fully saturated rings. The lowest BCUT2D eigenvalue weighted by molar-refractivity contribution is -0.144. The van der Waals surface area contributed by atoms with Gasteiger partial charge in [0.05, 0.1) is 31.7 Å². The summed E-state index contributed by atoms with van der Waals surface area (Å²) in [4.78, 5) is 77.4. The number of aromatic nitrogens is 1. The molecule has 3 N–H and O–H groups in total. The van der Waals surface area contributed by atoms with Crippen LogP contribution in [0.3, 0.4) is 0 Å². The number of nitrogens with one attached hydrogen (secondary N) is 3. The van der Waals surface area contributed by atoms with Gasteiger partial charge in [0.15, 0.2) is 0 Å². The van der Waals surface area contributed by atoms with Gasteiger partial charge in [0.2, 0.25) is 39.5 Å². The fourth-order valence-electron chi connectivity index (χ4n) is 9.04. The van der Waals surface area contributed by atoms with E-state index in [4.69, 9.17) is 14.2 Å². The van der Waals surface area contributed by atoms with E-state index in [1.165, 1.54) is 25.1 Å². The number of amides is 5. The number of likely N-dealkylation sites (tertiary alicyclic amines) is 1. The summed E-state index contributed by atoms with van der Waals surface area (Å²) in [7, 11) is -0.930. The first-order valence-corrected chi connectivity index (χ1v) is 22.6. The molecule has 0 spiro atoms. The number of carbonyl (C=O) groups is 5. The van der Waals surface area contributed by atoms with Crippen LogP contribution in [-0.2, 0) is 34.0 Å². The molecule has 5 aliphatic rings. The van der Waals surface area contributed by atoms with Crippen molar-refractivity contribution >= 4 is 50.3 Å². The third-order valence-corrected chi connectivity index (χ3v) is 15.5. The van der Waals surface area contributed by atoms with E-state index in [0.29, 0.717) is 73.9 Å². The molecule has 0 bridgehead atoms. The average molecular weight is 851 g/mol. The Balaban J connectivity index is 1.22. The van der Waals surface area contributed by atoms with Crippen LogP contribution in [0.4, 0.5) is 0 Å². The Labute approximate surface area is 351 Å². The fourth-order valence-corrected chi connectivity index (χ4v) is 10.3. The van der Waals surface area contributed by atoms with Crippen molar-refractivity contribution in [3.63, 3.8) is 0 Å². The molecule has 2 saturated carbocycles. The lowest BCUT2D eigenvalue weighted by Crippen LogP contribution is -2.59. The summed E-state index contributed by atoms with van der Waals surface area (Å²) in [5, 5.41) is 7.31. The van der Waals surface area contributed by atoms with E-state index >= 15 is 4.79 Å². The second-order valence-electron chi connectivity index (χ2n) is 17.8. The van der Waals surface area contributed by atoms with Gasteiger partial charge in [0, 0.05) is 49.0 Å². The highest BCUT2D eigenvalue weighted by atomic mass is 32.2. The zero-order valence-electron chi connectivity index (χ0n) is 35.3. The second kappa shape index (κ2) is 16.8. The zero-order chi connectivity index (χ0) is 43.1. The highest BCUT2D eigenvalue weighted by Crippen LogP contribution is 2.48. The summed E-state index contributed by atoms with van der Waals surface area (Å²) in [6.07, 6.45) is 8.65. The molecule has 1 aromatic carbocycles. The maximum absolute atomic E-state index is 15.1. The minimum atomic E-state index is -4.02. The van der Waals surface area contributed by atoms with Crippen molar-refractivity contribution in [1.29, 1.82) is 0 Å². The van der Waals surface area contributed by atoms with Crippen LogP contribution in [-0.4, -0.2) is 115 Å². The number of nitrogens with zero attached hydrogens (tertiary/aromatic N) is 3. The van der Waals surface area contributed by atoms with Gasteiger partial charge in [-0.05, 0) is 88.3 Å². The molecule has 1 aromatic heterocycles. The summed E-state index contributed by atoms with van der Waals surface area (Å²) >= 11 is 0. The molecule has 17 heteroatoms. The summed E-state index contributed by atoms with van der Waals surface area (Å²) < 4.78 is 45.3. The number of piperidine rings is 1. The SMILES string of the molecule is COc1ccc2c(O[C@@H]3C[C@H]4C(=O)N[C@]5(C(=O)NS(=O)(=O)C6(C)CC6)C[C@H]5C=CCC[C@@H](C)C[C@@H](C)[C@H](NC(=O)C5CCN(C(C)=O)CC5)C(=O)N4C3)ncc(OC)c2c1. The lowest BCUT2D eigenvalue weighted by atomic mass is 9.87. The van der Waals surface area contributed by atoms with Crippen molar-refractivity contribution in [1.82, 2.24) is 30.1 Å². The van der Waals surface area contributed by atoms with E-state index in [1.807, 2.05) is 19.1 Å². The Bertz CT molecular complexity index is 2170. The summed E-state index contributed by atoms with van der Waals surface area (Å²) in [6.45, 7) is 7.97. The van der Waals surface area contributed by atoms with Crippen molar-refractivity contribution in [3.8, 4) is 17.4 Å². The van der Waals surface area contributed by atoms with E-state index in [2.05, 4.69) is 27.3 Å². The fraction of sp³-hybridized carbons (Fsp3) is 0.628. The molecule has 4 heterocycles. The molecule has 60 heavy (non-hydrogen) atoms. The zero-order valence-corrected chi connectivity index (χ0v) is 36.1. The maximum atomic E-state index is 15.1. The van der Waals surface area contributed by atoms with Crippen LogP contribution >= 0.6 is 0 Å². The minimum absolute atomic E-state index is 0.0203. The minimum Gasteiger partial charge on any atom is -0.497 e. The summed E-state index contributed by atoms with van der Waals surface area (Å²) in [5.74, 6) is -1.94. The van der Waals surface area contributed by atoms with Crippen LogP contribution in [0.1, 0.15) is 85.5 Å². The largest absolute Gasteiger partial charge is 0.497 e. The summed E-state index contributed by atoms with van der Waals surface area (Å²) in [5.41, 5.74) is -1.55. The second-order valence-corrected chi connectivity index (χ2v) is 20.0. The molecule has 3 aliphatic heterocycles. The van der Waals surface area contributed by atoms with Crippen molar-refractivity contribution in [2.45, 2.75) is 114 Å². The third kappa shape index (κ3) is 8.64. The predicted molar refractivity (Wildman–Crippen MR) is 221 cm³/mol. The van der Waals surface area contributed by atoms with Crippen LogP contribution < -0.4 is 29.6 Å². The molecular formula is C43H58N6O10S. The van der Waals surface area contributed by atoms with Crippen molar-refractivity contribution in [3.05, 3.63) is 36.5 Å². The number of rotatable bonds is 9. The topological polar surface area (TPSA) is 203 Å². The van der Waals surface area contributed by atoms with Crippen LogP contribution in [0.25, 0.3) is 10.8 Å². The number of hydrogen-bond acceptors (Lipinski definition) is 11. The Morgan fingerprint density at radius 2 is 1.73 bits per heavy atom. The Morgan fingerprint density at radius 1 is 1.00 bits per heavy atom. The number of benzene rings is 1. The first-order chi connectivity index (χ1) is 28.5. The first-order valence-electron chi connectivity index (χ1n) is 21.1. The molecule has 7 rings (SSSR count). The average Bonchev–Trinajstić information content (AvgIpc) is 4.11. The van der Waals surface area contributed by atoms with Gasteiger partial charge in [-0.25, -0.2) is 13.4 Å². The third-order valence-electron chi connectivity index (χ3n) is 13.4. The van der Waals surface area contributed by atoms with E-state index in [0.717, 1.165) is 6.42 Å². The number of hydrogen-bond donors (Lipinski definition) is 3. The smallest absolute Gasteiger partial charge is 0.259 e. The van der Waals surface area contributed by atoms with E-state index in [-0.39, 0.29) is 48.9 Å². The number of fused-ring (bicyclic) bond motifs is 3. The van der Waals surface area contributed by atoms with E-state index < -0.39 is 68.1 Å². The highest BCUT2D eigenvalue weighted by molar-refractivity contribution is 7.91. The van der Waals surface area contributed by atoms with Crippen LogP contribution in [0, 0.1) is 23.7 Å². The predicted octanol–water partition coefficient (Wildman–Crippen LogP) is 3.23.